The molecule has 1 aromatic carbocycles. The van der Waals surface area contributed by atoms with Gasteiger partial charge in [0.05, 0.1) is 17.8 Å². The molecule has 0 fully saturated rings. The number of benzene rings is 1. The van der Waals surface area contributed by atoms with E-state index in [1.807, 2.05) is 32.0 Å². The number of nitrogens with one attached hydrogen (secondary N) is 1. The number of fused-ring (bicyclic) bond motifs is 1. The van der Waals surface area contributed by atoms with Crippen LogP contribution in [0, 0.1) is 0 Å². The van der Waals surface area contributed by atoms with Crippen molar-refractivity contribution in [2.75, 3.05) is 0 Å². The lowest BCUT2D eigenvalue weighted by atomic mass is 10.1. The van der Waals surface area contributed by atoms with Crippen LogP contribution < -0.4 is 10.1 Å². The number of hydrogen-bond acceptors (Lipinski definition) is 4. The van der Waals surface area contributed by atoms with Crippen LogP contribution in [0.5, 0.6) is 5.75 Å². The summed E-state index contributed by atoms with van der Waals surface area (Å²) in [6.07, 6.45) is 1.78. The first-order chi connectivity index (χ1) is 10.2. The summed E-state index contributed by atoms with van der Waals surface area (Å²) in [5.41, 5.74) is 2.55. The number of nitrogens with zero attached hydrogens (tertiary/aromatic N) is 1. The van der Waals surface area contributed by atoms with Crippen LogP contribution in [-0.4, -0.2) is 17.2 Å². The second kappa shape index (κ2) is 5.60. The molecule has 1 aliphatic rings. The smallest absolute Gasteiger partial charge is 0.255 e. The Morgan fingerprint density at radius 2 is 2.33 bits per heavy atom. The molecule has 2 heterocycles. The summed E-state index contributed by atoms with van der Waals surface area (Å²) in [4.78, 5) is 12.3. The predicted octanol–water partition coefficient (Wildman–Crippen LogP) is 2.49. The molecule has 110 valence electrons. The van der Waals surface area contributed by atoms with Crippen molar-refractivity contribution in [3.63, 3.8) is 0 Å². The third kappa shape index (κ3) is 2.77. The van der Waals surface area contributed by atoms with Gasteiger partial charge in [-0.25, -0.2) is 0 Å². The first-order valence-electron chi connectivity index (χ1n) is 7.18. The Labute approximate surface area is 123 Å². The zero-order valence-corrected chi connectivity index (χ0v) is 12.2. The molecule has 1 atom stereocenters. The fourth-order valence-electron chi connectivity index (χ4n) is 2.48. The van der Waals surface area contributed by atoms with E-state index in [9.17, 15) is 4.79 Å². The van der Waals surface area contributed by atoms with E-state index in [2.05, 4.69) is 10.5 Å². The average molecular weight is 286 g/mol. The molecule has 21 heavy (non-hydrogen) atoms. The van der Waals surface area contributed by atoms with Gasteiger partial charge in [0.15, 0.2) is 5.76 Å². The lowest BCUT2D eigenvalue weighted by molar-refractivity contribution is 0.0942. The molecule has 0 bridgehead atoms. The monoisotopic (exact) mass is 286 g/mol. The zero-order valence-electron chi connectivity index (χ0n) is 12.2. The number of amides is 1. The fraction of sp³-hybridized carbons (Fsp3) is 0.375. The van der Waals surface area contributed by atoms with Crippen molar-refractivity contribution in [3.05, 3.63) is 46.8 Å². The van der Waals surface area contributed by atoms with E-state index in [1.54, 1.807) is 6.07 Å². The molecule has 0 saturated carbocycles. The van der Waals surface area contributed by atoms with Gasteiger partial charge in [0.25, 0.3) is 5.91 Å². The summed E-state index contributed by atoms with van der Waals surface area (Å²) in [6, 6.07) is 7.52. The Morgan fingerprint density at radius 1 is 1.48 bits per heavy atom. The molecular weight excluding hydrogens is 268 g/mol. The molecule has 0 saturated heterocycles. The van der Waals surface area contributed by atoms with Crippen molar-refractivity contribution in [2.24, 2.45) is 0 Å². The summed E-state index contributed by atoms with van der Waals surface area (Å²) >= 11 is 0. The Balaban J connectivity index is 1.70. The van der Waals surface area contributed by atoms with Gasteiger partial charge in [0.1, 0.15) is 11.9 Å². The van der Waals surface area contributed by atoms with Crippen LogP contribution >= 0.6 is 0 Å². The first-order valence-corrected chi connectivity index (χ1v) is 7.18. The predicted molar refractivity (Wildman–Crippen MR) is 77.3 cm³/mol. The minimum absolute atomic E-state index is 0.121. The highest BCUT2D eigenvalue weighted by Gasteiger charge is 2.24. The number of carbonyl (C=O) groups is 1. The standard InChI is InChI=1S/C16H18N2O3/c1-3-12-8-13(21-18-12)9-17-16(19)14-6-4-5-11-7-10(2)20-15(11)14/h4-6,8,10H,3,7,9H2,1-2H3,(H,17,19). The molecule has 0 aliphatic carbocycles. The van der Waals surface area contributed by atoms with E-state index < -0.39 is 0 Å². The maximum absolute atomic E-state index is 12.3. The molecule has 0 spiro atoms. The van der Waals surface area contributed by atoms with Crippen LogP contribution in [0.2, 0.25) is 0 Å². The number of hydrogen-bond donors (Lipinski definition) is 1. The molecule has 1 N–H and O–H groups in total. The Kier molecular flexibility index (Phi) is 3.64. The second-order valence-electron chi connectivity index (χ2n) is 5.25. The van der Waals surface area contributed by atoms with Gasteiger partial charge in [-0.05, 0) is 25.0 Å². The zero-order chi connectivity index (χ0) is 14.8. The number of rotatable bonds is 4. The van der Waals surface area contributed by atoms with Crippen molar-refractivity contribution >= 4 is 5.91 Å². The molecule has 0 radical (unpaired) electrons. The number of ether oxygens (including phenoxy) is 1. The van der Waals surface area contributed by atoms with Crippen LogP contribution in [-0.2, 0) is 19.4 Å². The lowest BCUT2D eigenvalue weighted by Gasteiger charge is -2.09. The first kappa shape index (κ1) is 13.7. The third-order valence-corrected chi connectivity index (χ3v) is 3.56. The Morgan fingerprint density at radius 3 is 3.10 bits per heavy atom. The minimum Gasteiger partial charge on any atom is -0.489 e. The van der Waals surface area contributed by atoms with Gasteiger partial charge >= 0.3 is 0 Å². The van der Waals surface area contributed by atoms with Gasteiger partial charge in [0, 0.05) is 12.5 Å². The summed E-state index contributed by atoms with van der Waals surface area (Å²) in [6.45, 7) is 4.33. The molecule has 2 aromatic rings. The fourth-order valence-corrected chi connectivity index (χ4v) is 2.48. The van der Waals surface area contributed by atoms with Crippen molar-refractivity contribution in [2.45, 2.75) is 39.3 Å². The van der Waals surface area contributed by atoms with Crippen LogP contribution in [0.3, 0.4) is 0 Å². The molecule has 1 aliphatic heterocycles. The van der Waals surface area contributed by atoms with Crippen molar-refractivity contribution in [1.82, 2.24) is 10.5 Å². The number of aryl methyl sites for hydroxylation is 1. The second-order valence-corrected chi connectivity index (χ2v) is 5.25. The summed E-state index contributed by atoms with van der Waals surface area (Å²) in [5, 5.41) is 6.75. The molecule has 5 nitrogen and oxygen atoms in total. The van der Waals surface area contributed by atoms with Crippen molar-refractivity contribution in [3.8, 4) is 5.75 Å². The topological polar surface area (TPSA) is 64.4 Å². The number of para-hydroxylation sites is 1. The Bertz CT molecular complexity index is 663. The van der Waals surface area contributed by atoms with Crippen LogP contribution in [0.4, 0.5) is 0 Å². The molecule has 5 heteroatoms. The van der Waals surface area contributed by atoms with E-state index in [-0.39, 0.29) is 12.0 Å². The maximum Gasteiger partial charge on any atom is 0.255 e. The summed E-state index contributed by atoms with van der Waals surface area (Å²) < 4.78 is 10.9. The lowest BCUT2D eigenvalue weighted by Crippen LogP contribution is -2.23. The largest absolute Gasteiger partial charge is 0.489 e. The molecule has 1 unspecified atom stereocenters. The van der Waals surface area contributed by atoms with Gasteiger partial charge in [-0.1, -0.05) is 24.2 Å². The highest BCUT2D eigenvalue weighted by Crippen LogP contribution is 2.32. The number of carbonyl (C=O) groups excluding carboxylic acids is 1. The van der Waals surface area contributed by atoms with E-state index in [1.165, 1.54) is 0 Å². The minimum atomic E-state index is -0.157. The van der Waals surface area contributed by atoms with Crippen molar-refractivity contribution in [1.29, 1.82) is 0 Å². The molecule has 1 amide bonds. The van der Waals surface area contributed by atoms with Crippen molar-refractivity contribution < 1.29 is 14.1 Å². The van der Waals surface area contributed by atoms with Gasteiger partial charge in [-0.3, -0.25) is 4.79 Å². The maximum atomic E-state index is 12.3. The van der Waals surface area contributed by atoms with E-state index in [0.29, 0.717) is 23.6 Å². The van der Waals surface area contributed by atoms with Gasteiger partial charge in [-0.2, -0.15) is 0 Å². The average Bonchev–Trinajstić information content (AvgIpc) is 3.09. The molecule has 3 rings (SSSR count). The summed E-state index contributed by atoms with van der Waals surface area (Å²) in [7, 11) is 0. The molecular formula is C16H18N2O3. The van der Waals surface area contributed by atoms with Gasteiger partial charge in [-0.15, -0.1) is 0 Å². The van der Waals surface area contributed by atoms with Crippen LogP contribution in [0.15, 0.2) is 28.8 Å². The Hall–Kier alpha value is -2.30. The van der Waals surface area contributed by atoms with E-state index in [4.69, 9.17) is 9.26 Å². The highest BCUT2D eigenvalue weighted by molar-refractivity contribution is 5.97. The molecule has 1 aromatic heterocycles. The van der Waals surface area contributed by atoms with E-state index in [0.717, 1.165) is 24.1 Å². The van der Waals surface area contributed by atoms with Gasteiger partial charge in [0.2, 0.25) is 0 Å². The number of aromatic nitrogens is 1. The van der Waals surface area contributed by atoms with Crippen LogP contribution in [0.1, 0.15) is 41.2 Å². The third-order valence-electron chi connectivity index (χ3n) is 3.56. The quantitative estimate of drug-likeness (QED) is 0.938. The SMILES string of the molecule is CCc1cc(CNC(=O)c2cccc3c2OC(C)C3)on1. The van der Waals surface area contributed by atoms with E-state index >= 15 is 0 Å². The van der Waals surface area contributed by atoms with Crippen LogP contribution in [0.25, 0.3) is 0 Å². The highest BCUT2D eigenvalue weighted by atomic mass is 16.5. The van der Waals surface area contributed by atoms with Gasteiger partial charge < -0.3 is 14.6 Å². The summed E-state index contributed by atoms with van der Waals surface area (Å²) in [5.74, 6) is 1.20. The normalized spacial score (nSPS) is 16.4.